The van der Waals surface area contributed by atoms with E-state index in [0.717, 1.165) is 12.1 Å². The first kappa shape index (κ1) is 25.1. The first-order valence-corrected chi connectivity index (χ1v) is 11.6. The van der Waals surface area contributed by atoms with E-state index in [2.05, 4.69) is 0 Å². The number of para-hydroxylation sites is 1. The van der Waals surface area contributed by atoms with Gasteiger partial charge in [0, 0.05) is 29.7 Å². The van der Waals surface area contributed by atoms with Crippen molar-refractivity contribution < 1.29 is 31.9 Å². The predicted octanol–water partition coefficient (Wildman–Crippen LogP) is 7.06. The predicted molar refractivity (Wildman–Crippen MR) is 135 cm³/mol. The highest BCUT2D eigenvalue weighted by molar-refractivity contribution is 5.99. The maximum atomic E-state index is 13.9. The van der Waals surface area contributed by atoms with Gasteiger partial charge in [-0.2, -0.15) is 13.2 Å². The standard InChI is InChI=1S/C28H20F4N2O4/c1-3-34(22-7-5-4-6-20(22)27(36)37)23-12-18(28(30,31)32)11-21-24(35)15(2)26(38-25(21)23)33-13-16-8-9-19(29)10-17(16)14-33/h4-14H,3H2,1-2H3,(H,36,37). The van der Waals surface area contributed by atoms with Crippen molar-refractivity contribution in [1.82, 2.24) is 4.57 Å². The highest BCUT2D eigenvalue weighted by Gasteiger charge is 2.34. The summed E-state index contributed by atoms with van der Waals surface area (Å²) in [4.78, 5) is 26.7. The smallest absolute Gasteiger partial charge is 0.416 e. The zero-order valence-corrected chi connectivity index (χ0v) is 20.1. The number of fused-ring (bicyclic) bond motifs is 2. The van der Waals surface area contributed by atoms with Crippen LogP contribution in [0.2, 0.25) is 0 Å². The summed E-state index contributed by atoms with van der Waals surface area (Å²) in [5, 5.41) is 10.6. The molecule has 0 bridgehead atoms. The Hall–Kier alpha value is -4.60. The molecule has 0 saturated heterocycles. The topological polar surface area (TPSA) is 75.7 Å². The number of hydrogen-bond donors (Lipinski definition) is 1. The number of nitrogens with zero attached hydrogens (tertiary/aromatic N) is 2. The molecule has 0 aliphatic carbocycles. The second-order valence-electron chi connectivity index (χ2n) is 8.74. The van der Waals surface area contributed by atoms with Crippen molar-refractivity contribution in [2.45, 2.75) is 20.0 Å². The number of carboxylic acids is 1. The zero-order chi connectivity index (χ0) is 27.4. The van der Waals surface area contributed by atoms with E-state index in [1.165, 1.54) is 46.7 Å². The molecular formula is C28H20F4N2O4. The van der Waals surface area contributed by atoms with Crippen LogP contribution in [-0.2, 0) is 6.18 Å². The number of rotatable bonds is 5. The Balaban J connectivity index is 1.85. The fourth-order valence-electron chi connectivity index (χ4n) is 4.56. The number of halogens is 4. The lowest BCUT2D eigenvalue weighted by Crippen LogP contribution is -2.21. The number of benzene rings is 3. The summed E-state index contributed by atoms with van der Waals surface area (Å²) in [7, 11) is 0. The van der Waals surface area contributed by atoms with Gasteiger partial charge in [-0.15, -0.1) is 0 Å². The number of carboxylic acid groups (broad SMARTS) is 1. The Bertz CT molecular complexity index is 1790. The van der Waals surface area contributed by atoms with Crippen LogP contribution in [0, 0.1) is 12.7 Å². The van der Waals surface area contributed by atoms with Gasteiger partial charge in [0.05, 0.1) is 33.5 Å². The molecule has 0 unspecified atom stereocenters. The molecule has 3 aromatic carbocycles. The van der Waals surface area contributed by atoms with E-state index in [9.17, 15) is 32.3 Å². The van der Waals surface area contributed by atoms with Crippen LogP contribution in [0.1, 0.15) is 28.4 Å². The maximum absolute atomic E-state index is 13.9. The molecule has 0 aliphatic rings. The minimum absolute atomic E-state index is 0.0442. The number of aromatic nitrogens is 1. The summed E-state index contributed by atoms with van der Waals surface area (Å²) < 4.78 is 63.1. The summed E-state index contributed by atoms with van der Waals surface area (Å²) in [6, 6.07) is 11.6. The van der Waals surface area contributed by atoms with Crippen molar-refractivity contribution in [1.29, 1.82) is 0 Å². The lowest BCUT2D eigenvalue weighted by molar-refractivity contribution is -0.137. The Kier molecular flexibility index (Phi) is 5.97. The van der Waals surface area contributed by atoms with E-state index < -0.39 is 29.0 Å². The Morgan fingerprint density at radius 3 is 2.42 bits per heavy atom. The number of hydrogen-bond acceptors (Lipinski definition) is 4. The van der Waals surface area contributed by atoms with Crippen molar-refractivity contribution in [3.8, 4) is 5.88 Å². The molecule has 2 aromatic heterocycles. The number of carbonyl (C=O) groups is 1. The maximum Gasteiger partial charge on any atom is 0.416 e. The molecule has 0 saturated carbocycles. The molecule has 0 radical (unpaired) electrons. The van der Waals surface area contributed by atoms with Crippen LogP contribution in [0.15, 0.2) is 76.2 Å². The van der Waals surface area contributed by atoms with Crippen LogP contribution in [0.5, 0.6) is 0 Å². The third kappa shape index (κ3) is 4.17. The first-order chi connectivity index (χ1) is 18.0. The van der Waals surface area contributed by atoms with E-state index in [0.29, 0.717) is 10.8 Å². The third-order valence-electron chi connectivity index (χ3n) is 6.37. The monoisotopic (exact) mass is 524 g/mol. The molecule has 0 atom stereocenters. The van der Waals surface area contributed by atoms with Gasteiger partial charge >= 0.3 is 12.1 Å². The van der Waals surface area contributed by atoms with Crippen molar-refractivity contribution >= 4 is 39.1 Å². The zero-order valence-electron chi connectivity index (χ0n) is 20.1. The summed E-state index contributed by atoms with van der Waals surface area (Å²) in [5.41, 5.74) is -1.96. The molecule has 2 heterocycles. The largest absolute Gasteiger partial charge is 0.478 e. The molecule has 0 aliphatic heterocycles. The fourth-order valence-corrected chi connectivity index (χ4v) is 4.56. The van der Waals surface area contributed by atoms with Gasteiger partial charge in [0.2, 0.25) is 5.88 Å². The molecule has 0 fully saturated rings. The summed E-state index contributed by atoms with van der Waals surface area (Å²) in [5.74, 6) is -1.67. The summed E-state index contributed by atoms with van der Waals surface area (Å²) in [6.45, 7) is 3.15. The average molecular weight is 524 g/mol. The lowest BCUT2D eigenvalue weighted by Gasteiger charge is -2.26. The van der Waals surface area contributed by atoms with Crippen LogP contribution >= 0.6 is 0 Å². The van der Waals surface area contributed by atoms with Crippen LogP contribution < -0.4 is 10.3 Å². The molecule has 0 amide bonds. The van der Waals surface area contributed by atoms with Gasteiger partial charge in [-0.3, -0.25) is 9.36 Å². The van der Waals surface area contributed by atoms with Gasteiger partial charge in [0.1, 0.15) is 5.82 Å². The van der Waals surface area contributed by atoms with Crippen LogP contribution in [0.4, 0.5) is 28.9 Å². The first-order valence-electron chi connectivity index (χ1n) is 11.6. The Labute approximate surface area is 212 Å². The molecule has 5 aromatic rings. The van der Waals surface area contributed by atoms with Gasteiger partial charge in [-0.1, -0.05) is 12.1 Å². The minimum Gasteiger partial charge on any atom is -0.478 e. The minimum atomic E-state index is -4.78. The molecule has 5 rings (SSSR count). The van der Waals surface area contributed by atoms with Crippen molar-refractivity contribution in [3.05, 3.63) is 99.7 Å². The Morgan fingerprint density at radius 1 is 1.03 bits per heavy atom. The van der Waals surface area contributed by atoms with Gasteiger partial charge < -0.3 is 14.4 Å². The van der Waals surface area contributed by atoms with Crippen LogP contribution in [-0.4, -0.2) is 22.2 Å². The summed E-state index contributed by atoms with van der Waals surface area (Å²) >= 11 is 0. The highest BCUT2D eigenvalue weighted by atomic mass is 19.4. The number of alkyl halides is 3. The molecule has 194 valence electrons. The van der Waals surface area contributed by atoms with E-state index in [4.69, 9.17) is 4.42 Å². The summed E-state index contributed by atoms with van der Waals surface area (Å²) in [6.07, 6.45) is -1.61. The molecule has 0 spiro atoms. The highest BCUT2D eigenvalue weighted by Crippen LogP contribution is 2.40. The van der Waals surface area contributed by atoms with Crippen LogP contribution in [0.25, 0.3) is 27.6 Å². The molecule has 6 nitrogen and oxygen atoms in total. The second kappa shape index (κ2) is 9.05. The van der Waals surface area contributed by atoms with Crippen molar-refractivity contribution in [2.75, 3.05) is 11.4 Å². The fraction of sp³-hybridized carbons (Fsp3) is 0.143. The lowest BCUT2D eigenvalue weighted by atomic mass is 10.0. The number of aromatic carboxylic acids is 1. The van der Waals surface area contributed by atoms with E-state index >= 15 is 0 Å². The molecular weight excluding hydrogens is 504 g/mol. The van der Waals surface area contributed by atoms with Gasteiger partial charge in [-0.25, -0.2) is 9.18 Å². The molecule has 1 N–H and O–H groups in total. The Morgan fingerprint density at radius 2 is 1.74 bits per heavy atom. The van der Waals surface area contributed by atoms with E-state index in [1.807, 2.05) is 0 Å². The van der Waals surface area contributed by atoms with Crippen molar-refractivity contribution in [3.63, 3.8) is 0 Å². The number of anilines is 2. The van der Waals surface area contributed by atoms with Gasteiger partial charge in [0.25, 0.3) is 0 Å². The van der Waals surface area contributed by atoms with Crippen LogP contribution in [0.3, 0.4) is 0 Å². The third-order valence-corrected chi connectivity index (χ3v) is 6.37. The average Bonchev–Trinajstić information content (AvgIpc) is 3.29. The molecule has 10 heteroatoms. The van der Waals surface area contributed by atoms with Gasteiger partial charge in [0.15, 0.2) is 11.0 Å². The molecule has 38 heavy (non-hydrogen) atoms. The van der Waals surface area contributed by atoms with E-state index in [1.54, 1.807) is 31.5 Å². The van der Waals surface area contributed by atoms with E-state index in [-0.39, 0.29) is 45.9 Å². The normalized spacial score (nSPS) is 11.8. The van der Waals surface area contributed by atoms with Gasteiger partial charge in [-0.05, 0) is 56.3 Å². The van der Waals surface area contributed by atoms with Crippen molar-refractivity contribution in [2.24, 2.45) is 0 Å². The quantitative estimate of drug-likeness (QED) is 0.249. The SMILES string of the molecule is CCN(c1ccccc1C(=O)O)c1cc(C(F)(F)F)cc2c(=O)c(C)c(-n3cc4ccc(F)cc4c3)oc12. The second-order valence-corrected chi connectivity index (χ2v) is 8.74.